The zero-order chi connectivity index (χ0) is 10.6. The molecule has 14 heavy (non-hydrogen) atoms. The Balaban J connectivity index is 2.24. The van der Waals surface area contributed by atoms with Crippen LogP contribution < -0.4 is 10.6 Å². The quantitative estimate of drug-likeness (QED) is 0.658. The van der Waals surface area contributed by atoms with E-state index >= 15 is 0 Å². The van der Waals surface area contributed by atoms with E-state index in [1.807, 2.05) is 0 Å². The van der Waals surface area contributed by atoms with Crippen molar-refractivity contribution in [3.8, 4) is 0 Å². The van der Waals surface area contributed by atoms with E-state index < -0.39 is 10.8 Å². The number of carbonyl (C=O) groups excluding carboxylic acids is 1. The molecule has 0 bridgehead atoms. The van der Waals surface area contributed by atoms with Gasteiger partial charge in [-0.3, -0.25) is 9.00 Å². The van der Waals surface area contributed by atoms with Gasteiger partial charge in [0.05, 0.1) is 5.92 Å². The van der Waals surface area contributed by atoms with Gasteiger partial charge in [-0.2, -0.15) is 0 Å². The largest absolute Gasteiger partial charge is 0.355 e. The summed E-state index contributed by atoms with van der Waals surface area (Å²) in [7, 11) is -0.823. The summed E-state index contributed by atoms with van der Waals surface area (Å²) >= 11 is 0. The number of amides is 1. The van der Waals surface area contributed by atoms with Crippen LogP contribution in [0.3, 0.4) is 0 Å². The number of carbonyl (C=O) groups is 1. The molecule has 3 unspecified atom stereocenters. The second-order valence-corrected chi connectivity index (χ2v) is 5.37. The van der Waals surface area contributed by atoms with E-state index in [9.17, 15) is 9.00 Å². The molecule has 1 heterocycles. The van der Waals surface area contributed by atoms with E-state index in [4.69, 9.17) is 0 Å². The Hall–Kier alpha value is -0.420. The molecular formula is C9H18N2O2S. The minimum atomic E-state index is -0.823. The lowest BCUT2D eigenvalue weighted by Gasteiger charge is -2.13. The highest BCUT2D eigenvalue weighted by atomic mass is 32.2. The molecule has 0 aromatic carbocycles. The van der Waals surface area contributed by atoms with E-state index in [1.165, 1.54) is 0 Å². The van der Waals surface area contributed by atoms with Gasteiger partial charge < -0.3 is 10.6 Å². The SMILES string of the molecule is CC1CNCC1C(=O)NCCS(C)=O. The van der Waals surface area contributed by atoms with E-state index in [-0.39, 0.29) is 11.8 Å². The smallest absolute Gasteiger partial charge is 0.224 e. The standard InChI is InChI=1S/C9H18N2O2S/c1-7-5-10-6-8(7)9(12)11-3-4-14(2)13/h7-8,10H,3-6H2,1-2H3,(H,11,12). The highest BCUT2D eigenvalue weighted by molar-refractivity contribution is 7.84. The van der Waals surface area contributed by atoms with Crippen LogP contribution >= 0.6 is 0 Å². The summed E-state index contributed by atoms with van der Waals surface area (Å²) in [6.07, 6.45) is 1.64. The third-order valence-corrected chi connectivity index (χ3v) is 3.32. The molecule has 0 aromatic rings. The molecule has 0 radical (unpaired) electrons. The summed E-state index contributed by atoms with van der Waals surface area (Å²) in [4.78, 5) is 11.6. The van der Waals surface area contributed by atoms with E-state index in [0.717, 1.165) is 13.1 Å². The van der Waals surface area contributed by atoms with E-state index in [0.29, 0.717) is 18.2 Å². The summed E-state index contributed by atoms with van der Waals surface area (Å²) in [5.41, 5.74) is 0. The third kappa shape index (κ3) is 3.38. The summed E-state index contributed by atoms with van der Waals surface area (Å²) in [6.45, 7) is 4.27. The fourth-order valence-electron chi connectivity index (χ4n) is 1.61. The minimum Gasteiger partial charge on any atom is -0.355 e. The van der Waals surface area contributed by atoms with Crippen molar-refractivity contribution in [2.45, 2.75) is 6.92 Å². The predicted molar refractivity (Wildman–Crippen MR) is 57.5 cm³/mol. The molecule has 1 amide bonds. The predicted octanol–water partition coefficient (Wildman–Crippen LogP) is -0.663. The van der Waals surface area contributed by atoms with Crippen molar-refractivity contribution in [1.82, 2.24) is 10.6 Å². The van der Waals surface area contributed by atoms with Gasteiger partial charge in [0.25, 0.3) is 0 Å². The van der Waals surface area contributed by atoms with Crippen LogP contribution in [0.2, 0.25) is 0 Å². The molecule has 1 rings (SSSR count). The molecule has 1 saturated heterocycles. The van der Waals surface area contributed by atoms with Gasteiger partial charge in [-0.15, -0.1) is 0 Å². The molecule has 1 aliphatic rings. The van der Waals surface area contributed by atoms with Gasteiger partial charge in [0.2, 0.25) is 5.91 Å². The molecule has 0 aliphatic carbocycles. The van der Waals surface area contributed by atoms with Crippen molar-refractivity contribution in [2.75, 3.05) is 31.6 Å². The maximum absolute atomic E-state index is 11.6. The average Bonchev–Trinajstić information content (AvgIpc) is 2.50. The molecule has 0 saturated carbocycles. The van der Waals surface area contributed by atoms with Crippen molar-refractivity contribution < 1.29 is 9.00 Å². The molecule has 1 fully saturated rings. The molecule has 5 heteroatoms. The van der Waals surface area contributed by atoms with Gasteiger partial charge in [-0.25, -0.2) is 0 Å². The van der Waals surface area contributed by atoms with Gasteiger partial charge >= 0.3 is 0 Å². The van der Waals surface area contributed by atoms with Crippen molar-refractivity contribution >= 4 is 16.7 Å². The van der Waals surface area contributed by atoms with Crippen LogP contribution in [-0.4, -0.2) is 41.8 Å². The van der Waals surface area contributed by atoms with Crippen LogP contribution in [0.5, 0.6) is 0 Å². The first kappa shape index (κ1) is 11.7. The first-order chi connectivity index (χ1) is 6.61. The van der Waals surface area contributed by atoms with Crippen molar-refractivity contribution in [3.05, 3.63) is 0 Å². The lowest BCUT2D eigenvalue weighted by Crippen LogP contribution is -2.36. The summed E-state index contributed by atoms with van der Waals surface area (Å²) < 4.78 is 10.8. The number of hydrogen-bond donors (Lipinski definition) is 2. The van der Waals surface area contributed by atoms with Gasteiger partial charge in [-0.1, -0.05) is 6.92 Å². The molecule has 4 nitrogen and oxygen atoms in total. The molecule has 2 N–H and O–H groups in total. The normalized spacial score (nSPS) is 28.7. The second kappa shape index (κ2) is 5.46. The zero-order valence-electron chi connectivity index (χ0n) is 8.71. The summed E-state index contributed by atoms with van der Waals surface area (Å²) in [5.74, 6) is 1.12. The van der Waals surface area contributed by atoms with Crippen molar-refractivity contribution in [3.63, 3.8) is 0 Å². The Kier molecular flexibility index (Phi) is 4.54. The third-order valence-electron chi connectivity index (χ3n) is 2.54. The first-order valence-electron chi connectivity index (χ1n) is 4.89. The molecule has 0 aromatic heterocycles. The fourth-order valence-corrected chi connectivity index (χ4v) is 2.00. The number of nitrogens with one attached hydrogen (secondary N) is 2. The summed E-state index contributed by atoms with van der Waals surface area (Å²) in [6, 6.07) is 0. The Morgan fingerprint density at radius 1 is 1.57 bits per heavy atom. The van der Waals surface area contributed by atoms with Crippen LogP contribution in [0.4, 0.5) is 0 Å². The van der Waals surface area contributed by atoms with Gasteiger partial charge in [0.1, 0.15) is 0 Å². The van der Waals surface area contributed by atoms with E-state index in [2.05, 4.69) is 17.6 Å². The minimum absolute atomic E-state index is 0.0836. The lowest BCUT2D eigenvalue weighted by atomic mass is 9.97. The summed E-state index contributed by atoms with van der Waals surface area (Å²) in [5, 5.41) is 6.00. The number of rotatable bonds is 4. The maximum atomic E-state index is 11.6. The second-order valence-electron chi connectivity index (χ2n) is 3.81. The Morgan fingerprint density at radius 3 is 2.79 bits per heavy atom. The monoisotopic (exact) mass is 218 g/mol. The highest BCUT2D eigenvalue weighted by Gasteiger charge is 2.28. The number of hydrogen-bond acceptors (Lipinski definition) is 3. The van der Waals surface area contributed by atoms with Crippen LogP contribution in [0.1, 0.15) is 6.92 Å². The molecular weight excluding hydrogens is 200 g/mol. The molecule has 82 valence electrons. The Morgan fingerprint density at radius 2 is 2.29 bits per heavy atom. The van der Waals surface area contributed by atoms with Crippen LogP contribution in [0, 0.1) is 11.8 Å². The van der Waals surface area contributed by atoms with Gasteiger partial charge in [0, 0.05) is 35.9 Å². The Labute approximate surface area is 87.3 Å². The van der Waals surface area contributed by atoms with Crippen LogP contribution in [0.25, 0.3) is 0 Å². The maximum Gasteiger partial charge on any atom is 0.224 e. The van der Waals surface area contributed by atoms with Crippen LogP contribution in [-0.2, 0) is 15.6 Å². The first-order valence-corrected chi connectivity index (χ1v) is 6.62. The van der Waals surface area contributed by atoms with Gasteiger partial charge in [0.15, 0.2) is 0 Å². The Bertz CT molecular complexity index is 233. The van der Waals surface area contributed by atoms with Crippen molar-refractivity contribution in [2.24, 2.45) is 11.8 Å². The molecule has 0 spiro atoms. The highest BCUT2D eigenvalue weighted by Crippen LogP contribution is 2.15. The van der Waals surface area contributed by atoms with Crippen molar-refractivity contribution in [1.29, 1.82) is 0 Å². The van der Waals surface area contributed by atoms with Gasteiger partial charge in [-0.05, 0) is 12.5 Å². The fraction of sp³-hybridized carbons (Fsp3) is 0.889. The zero-order valence-corrected chi connectivity index (χ0v) is 9.52. The molecule has 3 atom stereocenters. The average molecular weight is 218 g/mol. The molecule has 1 aliphatic heterocycles. The lowest BCUT2D eigenvalue weighted by molar-refractivity contribution is -0.125. The topological polar surface area (TPSA) is 58.2 Å². The van der Waals surface area contributed by atoms with Crippen LogP contribution in [0.15, 0.2) is 0 Å². The van der Waals surface area contributed by atoms with E-state index in [1.54, 1.807) is 6.26 Å².